The number of sulfone groups is 1. The number of nitrogens with zero attached hydrogens (tertiary/aromatic N) is 1. The van der Waals surface area contributed by atoms with Gasteiger partial charge in [-0.15, -0.1) is 6.58 Å². The lowest BCUT2D eigenvalue weighted by Gasteiger charge is -1.93. The highest BCUT2D eigenvalue weighted by atomic mass is 32.2. The van der Waals surface area contributed by atoms with Gasteiger partial charge < -0.3 is 4.98 Å². The second-order valence-electron chi connectivity index (χ2n) is 1.96. The maximum absolute atomic E-state index is 11.1. The van der Waals surface area contributed by atoms with E-state index < -0.39 is 9.84 Å². The van der Waals surface area contributed by atoms with Gasteiger partial charge in [-0.2, -0.15) is 0 Å². The Morgan fingerprint density at radius 2 is 2.45 bits per heavy atom. The molecule has 4 nitrogen and oxygen atoms in total. The molecule has 60 valence electrons. The molecule has 1 N–H and O–H groups in total. The fourth-order valence-corrected chi connectivity index (χ4v) is 1.59. The van der Waals surface area contributed by atoms with E-state index in [1.54, 1.807) is 0 Å². The number of nitrogens with one attached hydrogen (secondary N) is 1. The Morgan fingerprint density at radius 3 is 2.91 bits per heavy atom. The Balaban J connectivity index is 3.01. The maximum Gasteiger partial charge on any atom is 0.225 e. The third-order valence-corrected chi connectivity index (χ3v) is 2.59. The molecule has 0 amide bonds. The summed E-state index contributed by atoms with van der Waals surface area (Å²) in [6.45, 7) is 3.33. The van der Waals surface area contributed by atoms with Gasteiger partial charge in [0.1, 0.15) is 0 Å². The molecule has 1 heterocycles. The summed E-state index contributed by atoms with van der Waals surface area (Å²) in [6.07, 6.45) is 4.20. The SMILES string of the molecule is C=CCS(=O)(=O)c1ncc[nH]1. The van der Waals surface area contributed by atoms with E-state index in [9.17, 15) is 8.42 Å². The van der Waals surface area contributed by atoms with Crippen LogP contribution < -0.4 is 0 Å². The Kier molecular flexibility index (Phi) is 2.09. The van der Waals surface area contributed by atoms with Crippen molar-refractivity contribution in [2.24, 2.45) is 0 Å². The van der Waals surface area contributed by atoms with Crippen LogP contribution in [0.15, 0.2) is 30.2 Å². The van der Waals surface area contributed by atoms with Crippen LogP contribution in [0, 0.1) is 0 Å². The average Bonchev–Trinajstić information content (AvgIpc) is 2.37. The van der Waals surface area contributed by atoms with Crippen molar-refractivity contribution in [3.05, 3.63) is 25.0 Å². The molecular formula is C6H8N2O2S. The predicted octanol–water partition coefficient (Wildman–Crippen LogP) is 0.369. The molecule has 0 aliphatic heterocycles. The molecule has 1 rings (SSSR count). The van der Waals surface area contributed by atoms with Gasteiger partial charge in [0.15, 0.2) is 0 Å². The Hall–Kier alpha value is -1.10. The van der Waals surface area contributed by atoms with Crippen LogP contribution in [-0.2, 0) is 9.84 Å². The minimum atomic E-state index is -3.25. The van der Waals surface area contributed by atoms with Crippen LogP contribution in [0.25, 0.3) is 0 Å². The zero-order chi connectivity index (χ0) is 8.32. The standard InChI is InChI=1S/C6H8N2O2S/c1-2-5-11(9,10)6-7-3-4-8-6/h2-4H,1,5H2,(H,7,8). The van der Waals surface area contributed by atoms with E-state index in [-0.39, 0.29) is 10.9 Å². The molecule has 0 unspecified atom stereocenters. The summed E-state index contributed by atoms with van der Waals surface area (Å²) in [5, 5.41) is -0.00241. The minimum absolute atomic E-state index is 0.00241. The van der Waals surface area contributed by atoms with Crippen LogP contribution in [-0.4, -0.2) is 24.1 Å². The van der Waals surface area contributed by atoms with Gasteiger partial charge in [0.05, 0.1) is 5.75 Å². The van der Waals surface area contributed by atoms with Crippen molar-refractivity contribution in [1.82, 2.24) is 9.97 Å². The van der Waals surface area contributed by atoms with Crippen LogP contribution in [0.2, 0.25) is 0 Å². The summed E-state index contributed by atoms with van der Waals surface area (Å²) in [5.41, 5.74) is 0. The first-order valence-corrected chi connectivity index (χ1v) is 4.65. The highest BCUT2D eigenvalue weighted by molar-refractivity contribution is 7.91. The molecule has 0 fully saturated rings. The third-order valence-electron chi connectivity index (χ3n) is 1.10. The first-order valence-electron chi connectivity index (χ1n) is 3.00. The molecule has 0 spiro atoms. The fourth-order valence-electron chi connectivity index (χ4n) is 0.655. The van der Waals surface area contributed by atoms with Gasteiger partial charge in [0.2, 0.25) is 15.0 Å². The molecule has 0 saturated heterocycles. The topological polar surface area (TPSA) is 62.8 Å². The molecule has 0 aliphatic rings. The number of aromatic amines is 1. The number of hydrogen-bond acceptors (Lipinski definition) is 3. The Labute approximate surface area is 64.9 Å². The minimum Gasteiger partial charge on any atom is -0.336 e. The average molecular weight is 172 g/mol. The number of imidazole rings is 1. The number of hydrogen-bond donors (Lipinski definition) is 1. The molecule has 0 bridgehead atoms. The van der Waals surface area contributed by atoms with E-state index in [1.807, 2.05) is 0 Å². The van der Waals surface area contributed by atoms with E-state index in [2.05, 4.69) is 16.5 Å². The van der Waals surface area contributed by atoms with Crippen LogP contribution in [0.5, 0.6) is 0 Å². The second kappa shape index (κ2) is 2.87. The monoisotopic (exact) mass is 172 g/mol. The molecule has 1 aromatic heterocycles. The molecule has 0 atom stereocenters. The van der Waals surface area contributed by atoms with E-state index in [0.29, 0.717) is 0 Å². The van der Waals surface area contributed by atoms with E-state index in [1.165, 1.54) is 18.5 Å². The summed E-state index contributed by atoms with van der Waals surface area (Å²) in [7, 11) is -3.25. The summed E-state index contributed by atoms with van der Waals surface area (Å²) in [5.74, 6) is -0.0828. The van der Waals surface area contributed by atoms with Gasteiger partial charge in [-0.1, -0.05) is 6.08 Å². The lowest BCUT2D eigenvalue weighted by atomic mass is 10.8. The number of H-pyrrole nitrogens is 1. The normalized spacial score (nSPS) is 11.3. The van der Waals surface area contributed by atoms with Gasteiger partial charge in [-0.05, 0) is 0 Å². The maximum atomic E-state index is 11.1. The third kappa shape index (κ3) is 1.68. The van der Waals surface area contributed by atoms with E-state index >= 15 is 0 Å². The molecule has 0 aliphatic carbocycles. The summed E-state index contributed by atoms with van der Waals surface area (Å²) < 4.78 is 22.3. The first kappa shape index (κ1) is 8.00. The van der Waals surface area contributed by atoms with Crippen molar-refractivity contribution in [1.29, 1.82) is 0 Å². The molecule has 1 aromatic rings. The highest BCUT2D eigenvalue weighted by Gasteiger charge is 2.13. The van der Waals surface area contributed by atoms with Crippen LogP contribution >= 0.6 is 0 Å². The molecule has 5 heteroatoms. The summed E-state index contributed by atoms with van der Waals surface area (Å²) in [4.78, 5) is 6.13. The quantitative estimate of drug-likeness (QED) is 0.670. The summed E-state index contributed by atoms with van der Waals surface area (Å²) >= 11 is 0. The smallest absolute Gasteiger partial charge is 0.225 e. The van der Waals surface area contributed by atoms with Gasteiger partial charge >= 0.3 is 0 Å². The predicted molar refractivity (Wildman–Crippen MR) is 40.8 cm³/mol. The van der Waals surface area contributed by atoms with E-state index in [4.69, 9.17) is 0 Å². The van der Waals surface area contributed by atoms with Crippen molar-refractivity contribution < 1.29 is 8.42 Å². The van der Waals surface area contributed by atoms with Gasteiger partial charge in [-0.25, -0.2) is 13.4 Å². The van der Waals surface area contributed by atoms with Gasteiger partial charge in [-0.3, -0.25) is 0 Å². The fraction of sp³-hybridized carbons (Fsp3) is 0.167. The second-order valence-corrected chi connectivity index (χ2v) is 3.91. The molecule has 11 heavy (non-hydrogen) atoms. The van der Waals surface area contributed by atoms with Gasteiger partial charge in [0, 0.05) is 12.4 Å². The molecular weight excluding hydrogens is 164 g/mol. The van der Waals surface area contributed by atoms with Crippen molar-refractivity contribution in [3.8, 4) is 0 Å². The molecule has 0 radical (unpaired) electrons. The van der Waals surface area contributed by atoms with Gasteiger partial charge in [0.25, 0.3) is 0 Å². The van der Waals surface area contributed by atoms with Crippen molar-refractivity contribution in [3.63, 3.8) is 0 Å². The van der Waals surface area contributed by atoms with Crippen molar-refractivity contribution in [2.45, 2.75) is 5.16 Å². The summed E-state index contributed by atoms with van der Waals surface area (Å²) in [6, 6.07) is 0. The van der Waals surface area contributed by atoms with Crippen molar-refractivity contribution in [2.75, 3.05) is 5.75 Å². The number of aromatic nitrogens is 2. The van der Waals surface area contributed by atoms with E-state index in [0.717, 1.165) is 0 Å². The lowest BCUT2D eigenvalue weighted by molar-refractivity contribution is 0.592. The lowest BCUT2D eigenvalue weighted by Crippen LogP contribution is -2.06. The van der Waals surface area contributed by atoms with Crippen molar-refractivity contribution >= 4 is 9.84 Å². The highest BCUT2D eigenvalue weighted by Crippen LogP contribution is 2.02. The first-order chi connectivity index (χ1) is 5.17. The number of rotatable bonds is 3. The molecule has 0 aromatic carbocycles. The zero-order valence-corrected chi connectivity index (χ0v) is 6.63. The van der Waals surface area contributed by atoms with Crippen LogP contribution in [0.3, 0.4) is 0 Å². The van der Waals surface area contributed by atoms with Crippen LogP contribution in [0.1, 0.15) is 0 Å². The van der Waals surface area contributed by atoms with Crippen LogP contribution in [0.4, 0.5) is 0 Å². The Morgan fingerprint density at radius 1 is 1.73 bits per heavy atom. The zero-order valence-electron chi connectivity index (χ0n) is 5.82. The molecule has 0 saturated carbocycles. The largest absolute Gasteiger partial charge is 0.336 e. The Bertz CT molecular complexity index is 325.